The highest BCUT2D eigenvalue weighted by Gasteiger charge is 2.13. The number of benzene rings is 2. The minimum absolute atomic E-state index is 0.125. The van der Waals surface area contributed by atoms with E-state index in [0.717, 1.165) is 0 Å². The Bertz CT molecular complexity index is 820. The van der Waals surface area contributed by atoms with Crippen LogP contribution in [0.25, 0.3) is 0 Å². The molecular weight excluding hydrogens is 350 g/mol. The lowest BCUT2D eigenvalue weighted by atomic mass is 10.0. The van der Waals surface area contributed by atoms with E-state index in [1.54, 1.807) is 62.6 Å². The molecular formula is C19H21N3O3S. The van der Waals surface area contributed by atoms with E-state index in [-0.39, 0.29) is 11.9 Å². The molecule has 0 aliphatic carbocycles. The molecule has 0 saturated heterocycles. The largest absolute Gasteiger partial charge is 0.447 e. The molecule has 6 nitrogen and oxygen atoms in total. The second-order valence-electron chi connectivity index (χ2n) is 5.67. The quantitative estimate of drug-likeness (QED) is 0.367. The number of ether oxygens (including phenoxy) is 1. The Morgan fingerprint density at radius 1 is 1.12 bits per heavy atom. The van der Waals surface area contributed by atoms with Crippen LogP contribution in [0.1, 0.15) is 29.8 Å². The Kier molecular flexibility index (Phi) is 6.80. The van der Waals surface area contributed by atoms with E-state index >= 15 is 0 Å². The number of carbonyl (C=O) groups excluding carboxylic acids is 2. The van der Waals surface area contributed by atoms with Gasteiger partial charge in [-0.2, -0.15) is 0 Å². The maximum Gasteiger partial charge on any atom is 0.413 e. The lowest BCUT2D eigenvalue weighted by Crippen LogP contribution is -2.30. The molecule has 2 aromatic rings. The van der Waals surface area contributed by atoms with Gasteiger partial charge in [0.05, 0.1) is 17.5 Å². The summed E-state index contributed by atoms with van der Waals surface area (Å²) >= 11 is 1.24. The normalized spacial score (nSPS) is 11.3. The number of nitrogens with one attached hydrogen (secondary N) is 1. The topological polar surface area (TPSA) is 93.8 Å². The Morgan fingerprint density at radius 2 is 1.81 bits per heavy atom. The number of carbonyl (C=O) groups is 2. The summed E-state index contributed by atoms with van der Waals surface area (Å²) in [5.41, 5.74) is 7.82. The molecule has 0 unspecified atom stereocenters. The Balaban J connectivity index is 2.28. The van der Waals surface area contributed by atoms with Gasteiger partial charge in [-0.05, 0) is 38.3 Å². The highest BCUT2D eigenvalue weighted by atomic mass is 32.2. The van der Waals surface area contributed by atoms with Gasteiger partial charge in [-0.15, -0.1) is 0 Å². The van der Waals surface area contributed by atoms with Gasteiger partial charge in [0.1, 0.15) is 0 Å². The van der Waals surface area contributed by atoms with E-state index in [1.807, 2.05) is 6.07 Å². The molecule has 0 fully saturated rings. The van der Waals surface area contributed by atoms with Gasteiger partial charge < -0.3 is 10.5 Å². The van der Waals surface area contributed by atoms with Crippen LogP contribution >= 0.6 is 11.8 Å². The van der Waals surface area contributed by atoms with Gasteiger partial charge in [-0.25, -0.2) is 9.79 Å². The number of nitrogen functional groups attached to an aromatic ring is 1. The molecule has 7 heteroatoms. The van der Waals surface area contributed by atoms with Crippen LogP contribution in [0.2, 0.25) is 0 Å². The number of rotatable bonds is 4. The molecule has 0 spiro atoms. The van der Waals surface area contributed by atoms with Crippen LogP contribution in [0.3, 0.4) is 0 Å². The fourth-order valence-corrected chi connectivity index (χ4v) is 2.48. The average molecular weight is 371 g/mol. The minimum Gasteiger partial charge on any atom is -0.447 e. The summed E-state index contributed by atoms with van der Waals surface area (Å²) in [7, 11) is 0. The number of aliphatic imine (C=N–C) groups is 1. The standard InChI is InChI=1S/C19H21N3O3S/c1-12(2)25-19(24)22-18(26-3)21-16-11-14(9-10-15(16)20)17(23)13-7-5-4-6-8-13/h4-12H,20H2,1-3H3,(H,21,22,24). The van der Waals surface area contributed by atoms with Crippen molar-refractivity contribution in [3.8, 4) is 0 Å². The maximum atomic E-state index is 12.6. The Morgan fingerprint density at radius 3 is 2.42 bits per heavy atom. The Hall–Kier alpha value is -2.80. The number of ketones is 1. The zero-order valence-electron chi connectivity index (χ0n) is 14.9. The summed E-state index contributed by atoms with van der Waals surface area (Å²) in [5, 5.41) is 2.89. The van der Waals surface area contributed by atoms with Crippen molar-refractivity contribution in [1.82, 2.24) is 5.32 Å². The number of nitrogens with zero attached hydrogens (tertiary/aromatic N) is 1. The fourth-order valence-electron chi connectivity index (χ4n) is 2.10. The minimum atomic E-state index is -0.594. The number of nitrogens with two attached hydrogens (primary N) is 1. The van der Waals surface area contributed by atoms with Gasteiger partial charge in [-0.3, -0.25) is 10.1 Å². The second kappa shape index (κ2) is 9.05. The first kappa shape index (κ1) is 19.5. The molecule has 0 heterocycles. The third-order valence-corrected chi connectivity index (χ3v) is 3.88. The van der Waals surface area contributed by atoms with Crippen LogP contribution in [0.5, 0.6) is 0 Å². The van der Waals surface area contributed by atoms with Crippen molar-refractivity contribution in [3.63, 3.8) is 0 Å². The van der Waals surface area contributed by atoms with Crippen molar-refractivity contribution in [2.45, 2.75) is 20.0 Å². The van der Waals surface area contributed by atoms with Crippen LogP contribution in [-0.2, 0) is 4.74 Å². The predicted molar refractivity (Wildman–Crippen MR) is 106 cm³/mol. The summed E-state index contributed by atoms with van der Waals surface area (Å²) in [4.78, 5) is 28.7. The lowest BCUT2D eigenvalue weighted by Gasteiger charge is -2.11. The first-order valence-electron chi connectivity index (χ1n) is 8.00. The van der Waals surface area contributed by atoms with Crippen molar-refractivity contribution in [2.75, 3.05) is 12.0 Å². The van der Waals surface area contributed by atoms with Crippen LogP contribution in [0.15, 0.2) is 53.5 Å². The molecule has 0 aromatic heterocycles. The summed E-state index contributed by atoms with van der Waals surface area (Å²) < 4.78 is 5.04. The molecule has 0 saturated carbocycles. The van der Waals surface area contributed by atoms with Crippen molar-refractivity contribution >= 4 is 40.2 Å². The molecule has 2 aromatic carbocycles. The monoisotopic (exact) mass is 371 g/mol. The molecule has 1 amide bonds. The first-order valence-corrected chi connectivity index (χ1v) is 9.22. The fraction of sp³-hybridized carbons (Fsp3) is 0.211. The molecule has 0 bridgehead atoms. The number of alkyl carbamates (subject to hydrolysis) is 1. The molecule has 3 N–H and O–H groups in total. The van der Waals surface area contributed by atoms with Crippen LogP contribution < -0.4 is 11.1 Å². The van der Waals surface area contributed by atoms with Crippen LogP contribution in [0, 0.1) is 0 Å². The smallest absolute Gasteiger partial charge is 0.413 e. The second-order valence-corrected chi connectivity index (χ2v) is 6.46. The van der Waals surface area contributed by atoms with E-state index in [2.05, 4.69) is 10.3 Å². The van der Waals surface area contributed by atoms with Crippen LogP contribution in [-0.4, -0.2) is 29.4 Å². The Labute approximate surface area is 156 Å². The molecule has 0 radical (unpaired) electrons. The molecule has 0 aliphatic heterocycles. The van der Waals surface area contributed by atoms with Gasteiger partial charge >= 0.3 is 6.09 Å². The van der Waals surface area contributed by atoms with Crippen molar-refractivity contribution in [1.29, 1.82) is 0 Å². The van der Waals surface area contributed by atoms with E-state index in [4.69, 9.17) is 10.5 Å². The molecule has 0 aliphatic rings. The van der Waals surface area contributed by atoms with E-state index in [1.165, 1.54) is 11.8 Å². The van der Waals surface area contributed by atoms with Gasteiger partial charge in [0.25, 0.3) is 0 Å². The van der Waals surface area contributed by atoms with E-state index in [0.29, 0.717) is 27.7 Å². The van der Waals surface area contributed by atoms with Gasteiger partial charge in [0.15, 0.2) is 11.0 Å². The molecule has 0 atom stereocenters. The number of anilines is 1. The first-order chi connectivity index (χ1) is 12.4. The van der Waals surface area contributed by atoms with Gasteiger partial charge in [0, 0.05) is 11.1 Å². The number of hydrogen-bond donors (Lipinski definition) is 2. The molecule has 2 rings (SSSR count). The van der Waals surface area contributed by atoms with Crippen molar-refractivity contribution in [3.05, 3.63) is 59.7 Å². The van der Waals surface area contributed by atoms with Gasteiger partial charge in [-0.1, -0.05) is 42.1 Å². The van der Waals surface area contributed by atoms with Gasteiger partial charge in [0.2, 0.25) is 0 Å². The molecule has 26 heavy (non-hydrogen) atoms. The number of amidine groups is 1. The SMILES string of the molecule is CSC(=Nc1cc(C(=O)c2ccccc2)ccc1N)NC(=O)OC(C)C. The predicted octanol–water partition coefficient (Wildman–Crippen LogP) is 3.98. The van der Waals surface area contributed by atoms with Crippen LogP contribution in [0.4, 0.5) is 16.2 Å². The average Bonchev–Trinajstić information content (AvgIpc) is 2.62. The maximum absolute atomic E-state index is 12.6. The third-order valence-electron chi connectivity index (χ3n) is 3.30. The van der Waals surface area contributed by atoms with E-state index < -0.39 is 6.09 Å². The highest BCUT2D eigenvalue weighted by Crippen LogP contribution is 2.25. The van der Waals surface area contributed by atoms with Crippen molar-refractivity contribution in [2.24, 2.45) is 4.99 Å². The zero-order valence-corrected chi connectivity index (χ0v) is 15.7. The van der Waals surface area contributed by atoms with Crippen molar-refractivity contribution < 1.29 is 14.3 Å². The summed E-state index contributed by atoms with van der Waals surface area (Å²) in [6, 6.07) is 13.8. The molecule has 136 valence electrons. The highest BCUT2D eigenvalue weighted by molar-refractivity contribution is 8.13. The zero-order chi connectivity index (χ0) is 19.1. The summed E-state index contributed by atoms with van der Waals surface area (Å²) in [6.07, 6.45) is 0.932. The third kappa shape index (κ3) is 5.35. The number of thioether (sulfide) groups is 1. The van der Waals surface area contributed by atoms with E-state index in [9.17, 15) is 9.59 Å². The number of hydrogen-bond acceptors (Lipinski definition) is 6. The lowest BCUT2D eigenvalue weighted by molar-refractivity contribution is 0.103. The number of amides is 1. The summed E-state index contributed by atoms with van der Waals surface area (Å²) in [6.45, 7) is 3.51. The summed E-state index contributed by atoms with van der Waals surface area (Å²) in [5.74, 6) is -0.125.